The minimum Gasteiger partial charge on any atom is -0.396 e. The van der Waals surface area contributed by atoms with E-state index in [1.54, 1.807) is 0 Å². The number of hydrogen-bond acceptors (Lipinski definition) is 3. The van der Waals surface area contributed by atoms with Gasteiger partial charge in [0.05, 0.1) is 6.42 Å². The van der Waals surface area contributed by atoms with E-state index in [1.807, 2.05) is 0 Å². The van der Waals surface area contributed by atoms with Crippen molar-refractivity contribution in [3.63, 3.8) is 0 Å². The van der Waals surface area contributed by atoms with E-state index in [9.17, 15) is 23.1 Å². The Morgan fingerprint density at radius 3 is 2.60 bits per heavy atom. The second kappa shape index (κ2) is 3.97. The number of aliphatic hydroxyl groups is 2. The number of aliphatic hydroxyl groups excluding tert-OH is 1. The Morgan fingerprint density at radius 2 is 2.13 bits per heavy atom. The van der Waals surface area contributed by atoms with Crippen molar-refractivity contribution in [3.8, 4) is 0 Å². The fraction of sp³-hybridized carbons (Fsp3) is 0.875. The Morgan fingerprint density at radius 1 is 1.53 bits per heavy atom. The molecule has 88 valence electrons. The molecule has 1 saturated heterocycles. The van der Waals surface area contributed by atoms with Crippen molar-refractivity contribution in [3.05, 3.63) is 0 Å². The molecule has 0 aliphatic carbocycles. The van der Waals surface area contributed by atoms with Gasteiger partial charge in [-0.25, -0.2) is 0 Å². The smallest absolute Gasteiger partial charge is 0.392 e. The molecule has 1 rings (SSSR count). The second-order valence-corrected chi connectivity index (χ2v) is 3.71. The molecule has 0 aromatic heterocycles. The van der Waals surface area contributed by atoms with Crippen molar-refractivity contribution < 1.29 is 28.2 Å². The van der Waals surface area contributed by atoms with Crippen LogP contribution in [0.3, 0.4) is 0 Å². The molecule has 1 unspecified atom stereocenters. The molecule has 0 spiro atoms. The predicted octanol–water partition coefficient (Wildman–Crippen LogP) is -0.0592. The van der Waals surface area contributed by atoms with Crippen LogP contribution in [0.5, 0.6) is 0 Å². The Balaban J connectivity index is 2.65. The van der Waals surface area contributed by atoms with E-state index < -0.39 is 30.1 Å². The normalized spacial score (nSPS) is 31.8. The van der Waals surface area contributed by atoms with Gasteiger partial charge in [-0.15, -0.1) is 0 Å². The van der Waals surface area contributed by atoms with Gasteiger partial charge in [-0.1, -0.05) is 0 Å². The molecule has 15 heavy (non-hydrogen) atoms. The van der Waals surface area contributed by atoms with Crippen LogP contribution in [0.1, 0.15) is 19.3 Å². The van der Waals surface area contributed by atoms with Crippen molar-refractivity contribution in [2.24, 2.45) is 0 Å². The molecule has 1 fully saturated rings. The summed E-state index contributed by atoms with van der Waals surface area (Å²) < 4.78 is 36.1. The topological polar surface area (TPSA) is 69.6 Å². The van der Waals surface area contributed by atoms with Crippen LogP contribution in [0.25, 0.3) is 0 Å². The minimum atomic E-state index is -4.58. The molecule has 4 nitrogen and oxygen atoms in total. The molecule has 7 heteroatoms. The van der Waals surface area contributed by atoms with Gasteiger partial charge in [0.15, 0.2) is 5.60 Å². The first-order chi connectivity index (χ1) is 6.77. The highest BCUT2D eigenvalue weighted by molar-refractivity contribution is 5.87. The Labute approximate surface area is 84.1 Å². The van der Waals surface area contributed by atoms with Crippen LogP contribution in [-0.4, -0.2) is 40.5 Å². The van der Waals surface area contributed by atoms with Crippen LogP contribution in [0.4, 0.5) is 13.2 Å². The molecule has 0 aromatic carbocycles. The van der Waals surface area contributed by atoms with Crippen LogP contribution in [0.2, 0.25) is 0 Å². The van der Waals surface area contributed by atoms with Gasteiger partial charge in [0.25, 0.3) is 5.91 Å². The lowest BCUT2D eigenvalue weighted by molar-refractivity contribution is -0.180. The molecule has 0 aromatic rings. The summed E-state index contributed by atoms with van der Waals surface area (Å²) in [6.45, 7) is -0.243. The Bertz CT molecular complexity index is 256. The number of hydrogen-bond donors (Lipinski definition) is 3. The maximum Gasteiger partial charge on any atom is 0.392 e. The standard InChI is InChI=1S/C8H12F3NO3/c9-8(10,11)4-7(15)3-5(1-2-13)12-6(7)14/h5,13,15H,1-4H2,(H,12,14)/t5-,7?/m1/s1. The summed E-state index contributed by atoms with van der Waals surface area (Å²) in [5.41, 5.74) is -2.38. The zero-order chi connectivity index (χ0) is 11.7. The third-order valence-electron chi connectivity index (χ3n) is 2.31. The SMILES string of the molecule is O=C1N[C@H](CCO)CC1(O)CC(F)(F)F. The van der Waals surface area contributed by atoms with Crippen LogP contribution < -0.4 is 5.32 Å². The third-order valence-corrected chi connectivity index (χ3v) is 2.31. The molecule has 0 saturated carbocycles. The molecule has 1 aliphatic rings. The van der Waals surface area contributed by atoms with E-state index >= 15 is 0 Å². The number of alkyl halides is 3. The number of rotatable bonds is 3. The van der Waals surface area contributed by atoms with Gasteiger partial charge in [0.2, 0.25) is 0 Å². The van der Waals surface area contributed by atoms with Crippen molar-refractivity contribution in [2.75, 3.05) is 6.61 Å². The van der Waals surface area contributed by atoms with E-state index in [-0.39, 0.29) is 19.4 Å². The maximum atomic E-state index is 12.0. The highest BCUT2D eigenvalue weighted by Gasteiger charge is 2.51. The van der Waals surface area contributed by atoms with Crippen LogP contribution >= 0.6 is 0 Å². The molecule has 1 amide bonds. The summed E-state index contributed by atoms with van der Waals surface area (Å²) in [4.78, 5) is 11.1. The molecule has 2 atom stereocenters. The summed E-state index contributed by atoms with van der Waals surface area (Å²) in [5.74, 6) is -1.02. The van der Waals surface area contributed by atoms with Crippen molar-refractivity contribution >= 4 is 5.91 Å². The summed E-state index contributed by atoms with van der Waals surface area (Å²) >= 11 is 0. The molecule has 1 heterocycles. The summed E-state index contributed by atoms with van der Waals surface area (Å²) in [6, 6.07) is -0.588. The molecular weight excluding hydrogens is 215 g/mol. The van der Waals surface area contributed by atoms with Crippen molar-refractivity contribution in [1.29, 1.82) is 0 Å². The summed E-state index contributed by atoms with van der Waals surface area (Å²) in [5, 5.41) is 20.3. The van der Waals surface area contributed by atoms with E-state index in [4.69, 9.17) is 5.11 Å². The lowest BCUT2D eigenvalue weighted by Crippen LogP contribution is -2.41. The first kappa shape index (κ1) is 12.3. The lowest BCUT2D eigenvalue weighted by Gasteiger charge is -2.20. The number of halogens is 3. The third kappa shape index (κ3) is 3.07. The van der Waals surface area contributed by atoms with Crippen LogP contribution in [-0.2, 0) is 4.79 Å². The Hall–Kier alpha value is -0.820. The molecular formula is C8H12F3NO3. The fourth-order valence-corrected chi connectivity index (χ4v) is 1.69. The zero-order valence-corrected chi connectivity index (χ0v) is 7.84. The highest BCUT2D eigenvalue weighted by Crippen LogP contribution is 2.34. The van der Waals surface area contributed by atoms with Crippen molar-refractivity contribution in [2.45, 2.75) is 37.1 Å². The molecule has 0 bridgehead atoms. The number of carbonyl (C=O) groups excluding carboxylic acids is 1. The highest BCUT2D eigenvalue weighted by atomic mass is 19.4. The average Bonchev–Trinajstić information content (AvgIpc) is 2.23. The summed E-state index contributed by atoms with van der Waals surface area (Å²) in [6.07, 6.45) is -6.30. The minimum absolute atomic E-state index is 0.145. The van der Waals surface area contributed by atoms with Crippen molar-refractivity contribution in [1.82, 2.24) is 5.32 Å². The van der Waals surface area contributed by atoms with Gasteiger partial charge in [-0.3, -0.25) is 4.79 Å². The van der Waals surface area contributed by atoms with Gasteiger partial charge in [0.1, 0.15) is 0 Å². The molecule has 3 N–H and O–H groups in total. The summed E-state index contributed by atoms with van der Waals surface area (Å²) in [7, 11) is 0. The van der Waals surface area contributed by atoms with Gasteiger partial charge in [-0.2, -0.15) is 13.2 Å². The second-order valence-electron chi connectivity index (χ2n) is 3.71. The molecule has 0 radical (unpaired) electrons. The van der Waals surface area contributed by atoms with Gasteiger partial charge < -0.3 is 15.5 Å². The zero-order valence-electron chi connectivity index (χ0n) is 7.84. The first-order valence-corrected chi connectivity index (χ1v) is 4.48. The Kier molecular flexibility index (Phi) is 3.25. The van der Waals surface area contributed by atoms with E-state index in [1.165, 1.54) is 0 Å². The van der Waals surface area contributed by atoms with E-state index in [0.717, 1.165) is 0 Å². The van der Waals surface area contributed by atoms with E-state index in [2.05, 4.69) is 5.32 Å². The van der Waals surface area contributed by atoms with Gasteiger partial charge in [-0.05, 0) is 6.42 Å². The average molecular weight is 227 g/mol. The lowest BCUT2D eigenvalue weighted by atomic mass is 9.94. The number of carbonyl (C=O) groups is 1. The predicted molar refractivity (Wildman–Crippen MR) is 43.9 cm³/mol. The maximum absolute atomic E-state index is 12.0. The van der Waals surface area contributed by atoms with Gasteiger partial charge in [0, 0.05) is 19.1 Å². The van der Waals surface area contributed by atoms with Gasteiger partial charge >= 0.3 is 6.18 Å². The molecule has 1 aliphatic heterocycles. The largest absolute Gasteiger partial charge is 0.396 e. The van der Waals surface area contributed by atoms with Crippen LogP contribution in [0.15, 0.2) is 0 Å². The number of nitrogens with one attached hydrogen (secondary N) is 1. The van der Waals surface area contributed by atoms with E-state index in [0.29, 0.717) is 0 Å². The number of amides is 1. The fourth-order valence-electron chi connectivity index (χ4n) is 1.69. The van der Waals surface area contributed by atoms with Crippen LogP contribution in [0, 0.1) is 0 Å². The monoisotopic (exact) mass is 227 g/mol. The quantitative estimate of drug-likeness (QED) is 0.632. The first-order valence-electron chi connectivity index (χ1n) is 4.48.